The predicted octanol–water partition coefficient (Wildman–Crippen LogP) is 2.56. The number of thiocarbonyl (C=S) groups is 1. The average Bonchev–Trinajstić information content (AvgIpc) is 2.96. The van der Waals surface area contributed by atoms with Gasteiger partial charge in [-0.25, -0.2) is 4.98 Å². The van der Waals surface area contributed by atoms with E-state index in [0.29, 0.717) is 10.7 Å². The Morgan fingerprint density at radius 3 is 2.62 bits per heavy atom. The Morgan fingerprint density at radius 1 is 1.19 bits per heavy atom. The lowest BCUT2D eigenvalue weighted by Gasteiger charge is -2.28. The summed E-state index contributed by atoms with van der Waals surface area (Å²) in [5.74, 6) is -0.213. The van der Waals surface area contributed by atoms with Gasteiger partial charge in [-0.2, -0.15) is 0 Å². The average molecular weight is 299 g/mol. The summed E-state index contributed by atoms with van der Waals surface area (Å²) in [7, 11) is 0. The van der Waals surface area contributed by atoms with Crippen molar-refractivity contribution in [1.82, 2.24) is 10.3 Å². The lowest BCUT2D eigenvalue weighted by atomic mass is 9.97. The number of pyridine rings is 1. The zero-order valence-electron chi connectivity index (χ0n) is 11.6. The number of nitrogens with zero attached hydrogens (tertiary/aromatic N) is 1. The molecule has 3 rings (SSSR count). The van der Waals surface area contributed by atoms with Gasteiger partial charge in [-0.1, -0.05) is 49.3 Å². The van der Waals surface area contributed by atoms with E-state index in [9.17, 15) is 4.79 Å². The van der Waals surface area contributed by atoms with Crippen LogP contribution < -0.4 is 11.1 Å². The first-order valence-electron chi connectivity index (χ1n) is 7.09. The van der Waals surface area contributed by atoms with Crippen LogP contribution in [0.15, 0.2) is 36.4 Å². The van der Waals surface area contributed by atoms with Crippen molar-refractivity contribution in [1.29, 1.82) is 0 Å². The van der Waals surface area contributed by atoms with E-state index in [1.165, 1.54) is 0 Å². The summed E-state index contributed by atoms with van der Waals surface area (Å²) in [5.41, 5.74) is 6.51. The highest BCUT2D eigenvalue weighted by Gasteiger charge is 2.38. The topological polar surface area (TPSA) is 68.0 Å². The summed E-state index contributed by atoms with van der Waals surface area (Å²) in [4.78, 5) is 17.2. The van der Waals surface area contributed by atoms with Gasteiger partial charge in [-0.3, -0.25) is 4.79 Å². The van der Waals surface area contributed by atoms with Crippen molar-refractivity contribution in [2.24, 2.45) is 5.73 Å². The highest BCUT2D eigenvalue weighted by molar-refractivity contribution is 7.80. The molecule has 3 N–H and O–H groups in total. The molecule has 0 unspecified atom stereocenters. The molecule has 2 aromatic rings. The van der Waals surface area contributed by atoms with Crippen LogP contribution in [0, 0.1) is 0 Å². The summed E-state index contributed by atoms with van der Waals surface area (Å²) in [6.07, 6.45) is 3.68. The maximum absolute atomic E-state index is 12.5. The lowest BCUT2D eigenvalue weighted by Crippen LogP contribution is -2.54. The van der Waals surface area contributed by atoms with Gasteiger partial charge in [0, 0.05) is 5.39 Å². The first kappa shape index (κ1) is 13.9. The summed E-state index contributed by atoms with van der Waals surface area (Å²) in [6, 6.07) is 11.4. The van der Waals surface area contributed by atoms with Crippen LogP contribution in [0.5, 0.6) is 0 Å². The molecule has 0 bridgehead atoms. The van der Waals surface area contributed by atoms with Gasteiger partial charge >= 0.3 is 0 Å². The van der Waals surface area contributed by atoms with Gasteiger partial charge in [0.1, 0.15) is 5.69 Å². The molecule has 0 saturated heterocycles. The van der Waals surface area contributed by atoms with E-state index in [4.69, 9.17) is 18.0 Å². The zero-order chi connectivity index (χ0) is 14.9. The summed E-state index contributed by atoms with van der Waals surface area (Å²) >= 11 is 5.16. The molecular weight excluding hydrogens is 282 g/mol. The highest BCUT2D eigenvalue weighted by atomic mass is 32.1. The molecule has 1 aromatic carbocycles. The Hall–Kier alpha value is -2.01. The smallest absolute Gasteiger partial charge is 0.270 e. The standard InChI is InChI=1S/C16H17N3OS/c17-15(21)16(9-3-4-10-16)19-14(20)13-8-7-11-5-1-2-6-12(11)18-13/h1-2,5-8H,3-4,9-10H2,(H2,17,21)(H,19,20). The van der Waals surface area contributed by atoms with Crippen LogP contribution >= 0.6 is 12.2 Å². The fourth-order valence-electron chi connectivity index (χ4n) is 2.89. The van der Waals surface area contributed by atoms with Crippen LogP contribution in [0.3, 0.4) is 0 Å². The molecule has 0 radical (unpaired) electrons. The Labute approximate surface area is 128 Å². The van der Waals surface area contributed by atoms with Crippen LogP contribution in [0.2, 0.25) is 0 Å². The third-order valence-electron chi connectivity index (χ3n) is 4.11. The number of benzene rings is 1. The minimum Gasteiger partial charge on any atom is -0.391 e. The van der Waals surface area contributed by atoms with E-state index >= 15 is 0 Å². The number of carbonyl (C=O) groups excluding carboxylic acids is 1. The second-order valence-corrected chi connectivity index (χ2v) is 5.94. The van der Waals surface area contributed by atoms with Crippen LogP contribution in [-0.4, -0.2) is 21.4 Å². The highest BCUT2D eigenvalue weighted by Crippen LogP contribution is 2.30. The number of nitrogens with two attached hydrogens (primary N) is 1. The molecule has 5 heteroatoms. The first-order chi connectivity index (χ1) is 10.1. The Kier molecular flexibility index (Phi) is 3.59. The van der Waals surface area contributed by atoms with Gasteiger partial charge in [0.25, 0.3) is 5.91 Å². The summed E-state index contributed by atoms with van der Waals surface area (Å²) < 4.78 is 0. The van der Waals surface area contributed by atoms with Gasteiger partial charge in [-0.05, 0) is 25.0 Å². The van der Waals surface area contributed by atoms with Crippen LogP contribution in [0.25, 0.3) is 10.9 Å². The number of rotatable bonds is 3. The second kappa shape index (κ2) is 5.41. The molecule has 0 atom stereocenters. The van der Waals surface area contributed by atoms with Crippen molar-refractivity contribution in [2.75, 3.05) is 0 Å². The van der Waals surface area contributed by atoms with E-state index in [2.05, 4.69) is 10.3 Å². The number of hydrogen-bond donors (Lipinski definition) is 2. The molecule has 1 aromatic heterocycles. The minimum absolute atomic E-state index is 0.213. The van der Waals surface area contributed by atoms with Gasteiger partial charge in [0.15, 0.2) is 0 Å². The molecule has 1 aliphatic carbocycles. The molecule has 108 valence electrons. The number of hydrogen-bond acceptors (Lipinski definition) is 3. The number of nitrogens with one attached hydrogen (secondary N) is 1. The summed E-state index contributed by atoms with van der Waals surface area (Å²) in [5, 5.41) is 4.02. The van der Waals surface area contributed by atoms with Crippen LogP contribution in [0.1, 0.15) is 36.2 Å². The van der Waals surface area contributed by atoms with Gasteiger partial charge in [0.05, 0.1) is 16.0 Å². The van der Waals surface area contributed by atoms with Crippen LogP contribution in [-0.2, 0) is 0 Å². The number of para-hydroxylation sites is 1. The predicted molar refractivity (Wildman–Crippen MR) is 87.2 cm³/mol. The van der Waals surface area contributed by atoms with Gasteiger partial charge in [-0.15, -0.1) is 0 Å². The van der Waals surface area contributed by atoms with Crippen molar-refractivity contribution in [3.8, 4) is 0 Å². The van der Waals surface area contributed by atoms with Crippen LogP contribution in [0.4, 0.5) is 0 Å². The second-order valence-electron chi connectivity index (χ2n) is 5.50. The molecule has 1 aliphatic rings. The minimum atomic E-state index is -0.542. The van der Waals surface area contributed by atoms with Gasteiger partial charge in [0.2, 0.25) is 0 Å². The van der Waals surface area contributed by atoms with Crippen molar-refractivity contribution in [3.63, 3.8) is 0 Å². The molecular formula is C16H17N3OS. The van der Waals surface area contributed by atoms with Crippen molar-refractivity contribution >= 4 is 34.0 Å². The summed E-state index contributed by atoms with van der Waals surface area (Å²) in [6.45, 7) is 0. The van der Waals surface area contributed by atoms with E-state index in [1.807, 2.05) is 30.3 Å². The lowest BCUT2D eigenvalue weighted by molar-refractivity contribution is 0.0919. The van der Waals surface area contributed by atoms with Crippen molar-refractivity contribution < 1.29 is 4.79 Å². The number of carbonyl (C=O) groups is 1. The van der Waals surface area contributed by atoms with E-state index in [0.717, 1.165) is 36.6 Å². The largest absolute Gasteiger partial charge is 0.391 e. The normalized spacial score (nSPS) is 16.8. The molecule has 1 saturated carbocycles. The number of amides is 1. The van der Waals surface area contributed by atoms with E-state index < -0.39 is 5.54 Å². The maximum Gasteiger partial charge on any atom is 0.270 e. The molecule has 0 spiro atoms. The Morgan fingerprint density at radius 2 is 1.90 bits per heavy atom. The van der Waals surface area contributed by atoms with Crippen molar-refractivity contribution in [3.05, 3.63) is 42.1 Å². The molecule has 21 heavy (non-hydrogen) atoms. The fraction of sp³-hybridized carbons (Fsp3) is 0.312. The van der Waals surface area contributed by atoms with Gasteiger partial charge < -0.3 is 11.1 Å². The fourth-order valence-corrected chi connectivity index (χ4v) is 3.14. The third-order valence-corrected chi connectivity index (χ3v) is 4.50. The maximum atomic E-state index is 12.5. The van der Waals surface area contributed by atoms with E-state index in [1.54, 1.807) is 6.07 Å². The quantitative estimate of drug-likeness (QED) is 0.855. The Bertz CT molecular complexity index is 707. The molecule has 4 nitrogen and oxygen atoms in total. The zero-order valence-corrected chi connectivity index (χ0v) is 12.5. The van der Waals surface area contributed by atoms with E-state index in [-0.39, 0.29) is 5.91 Å². The number of aromatic nitrogens is 1. The Balaban J connectivity index is 1.88. The van der Waals surface area contributed by atoms with Crippen molar-refractivity contribution in [2.45, 2.75) is 31.2 Å². The molecule has 1 amide bonds. The monoisotopic (exact) mass is 299 g/mol. The molecule has 1 heterocycles. The first-order valence-corrected chi connectivity index (χ1v) is 7.50. The SMILES string of the molecule is NC(=S)C1(NC(=O)c2ccc3ccccc3n2)CCCC1. The number of fused-ring (bicyclic) bond motifs is 1. The molecule has 1 fully saturated rings. The molecule has 0 aliphatic heterocycles. The third kappa shape index (κ3) is 2.61.